The van der Waals surface area contributed by atoms with E-state index in [0.29, 0.717) is 0 Å². The summed E-state index contributed by atoms with van der Waals surface area (Å²) in [4.78, 5) is 0. The summed E-state index contributed by atoms with van der Waals surface area (Å²) >= 11 is 0. The molecule has 1 aromatic heterocycles. The second-order valence-electron chi connectivity index (χ2n) is 5.09. The molecule has 2 rings (SSSR count). The van der Waals surface area contributed by atoms with Crippen molar-refractivity contribution in [2.75, 3.05) is 42.3 Å². The van der Waals surface area contributed by atoms with E-state index in [9.17, 15) is 0 Å². The highest BCUT2D eigenvalue weighted by Crippen LogP contribution is 2.64. The minimum atomic E-state index is -2.10. The second-order valence-corrected chi connectivity index (χ2v) is 8.70. The van der Waals surface area contributed by atoms with Crippen LogP contribution in [0, 0.1) is 0 Å². The Bertz CT molecular complexity index is 564. The molecule has 1 unspecified atom stereocenters. The van der Waals surface area contributed by atoms with Crippen LogP contribution in [0.25, 0.3) is 11.0 Å². The number of aromatic amines is 1. The number of benzene rings is 1. The van der Waals surface area contributed by atoms with Gasteiger partial charge in [0.15, 0.2) is 5.52 Å². The van der Waals surface area contributed by atoms with Crippen LogP contribution in [0.3, 0.4) is 0 Å². The van der Waals surface area contributed by atoms with Gasteiger partial charge in [-0.05, 0) is 12.1 Å². The maximum Gasteiger partial charge on any atom is 0.416 e. The summed E-state index contributed by atoms with van der Waals surface area (Å²) < 4.78 is 12.8. The van der Waals surface area contributed by atoms with Crippen LogP contribution in [0.4, 0.5) is 0 Å². The maximum atomic E-state index is 6.42. The summed E-state index contributed by atoms with van der Waals surface area (Å²) in [6.45, 7) is 0. The Kier molecular flexibility index (Phi) is 6.02. The highest BCUT2D eigenvalue weighted by molar-refractivity contribution is 7.64. The zero-order valence-electron chi connectivity index (χ0n) is 13.5. The molecule has 1 aromatic carbocycles. The summed E-state index contributed by atoms with van der Waals surface area (Å²) in [5, 5.41) is 10.9. The van der Waals surface area contributed by atoms with Crippen molar-refractivity contribution in [3.8, 4) is 5.75 Å². The first-order chi connectivity index (χ1) is 9.39. The lowest BCUT2D eigenvalue weighted by Crippen LogP contribution is -2.39. The predicted octanol–water partition coefficient (Wildman–Crippen LogP) is 1.76. The van der Waals surface area contributed by atoms with Crippen molar-refractivity contribution >= 4 is 28.9 Å². The largest absolute Gasteiger partial charge is 0.416 e. The normalized spacial score (nSPS) is 12.2. The zero-order chi connectivity index (χ0) is 14.9. The molecule has 0 amide bonds. The summed E-state index contributed by atoms with van der Waals surface area (Å²) in [6, 6.07) is 5.76. The second kappa shape index (κ2) is 6.95. The van der Waals surface area contributed by atoms with Crippen LogP contribution >= 0.6 is 17.8 Å². The molecule has 1 N–H and O–H groups in total. The molecule has 1 atom stereocenters. The fourth-order valence-corrected chi connectivity index (χ4v) is 5.41. The van der Waals surface area contributed by atoms with Crippen molar-refractivity contribution in [3.05, 3.63) is 18.2 Å². The molecular formula is C12H25N6OP2+. The van der Waals surface area contributed by atoms with Gasteiger partial charge >= 0.3 is 7.94 Å². The van der Waals surface area contributed by atoms with Crippen LogP contribution in [0.15, 0.2) is 18.2 Å². The minimum Gasteiger partial charge on any atom is -0.289 e. The zero-order valence-corrected chi connectivity index (χ0v) is 15.8. The standard InChI is InChI=1S/C12H22N6OP.H3P/c1-16(2)20(17(3)4,18(5)6)19-11-9-7-8-10-12(11)14-15-13-10;/h7-9H,1-6H3,(H,13,14,15);1H3/q+1;. The van der Waals surface area contributed by atoms with E-state index in [-0.39, 0.29) is 9.90 Å². The van der Waals surface area contributed by atoms with Crippen molar-refractivity contribution in [1.82, 2.24) is 29.4 Å². The van der Waals surface area contributed by atoms with Crippen LogP contribution in [-0.4, -0.2) is 71.7 Å². The van der Waals surface area contributed by atoms with E-state index in [1.807, 2.05) is 60.5 Å². The Morgan fingerprint density at radius 1 is 0.952 bits per heavy atom. The van der Waals surface area contributed by atoms with Gasteiger partial charge in [0.2, 0.25) is 5.75 Å². The molecule has 9 heteroatoms. The summed E-state index contributed by atoms with van der Waals surface area (Å²) in [6.07, 6.45) is 0. The predicted molar refractivity (Wildman–Crippen MR) is 93.6 cm³/mol. The molecule has 0 aliphatic heterocycles. The highest BCUT2D eigenvalue weighted by atomic mass is 31.2. The topological polar surface area (TPSA) is 60.5 Å². The fourth-order valence-electron chi connectivity index (χ4n) is 2.37. The first kappa shape index (κ1) is 18.2. The van der Waals surface area contributed by atoms with E-state index in [4.69, 9.17) is 4.52 Å². The van der Waals surface area contributed by atoms with Crippen LogP contribution in [0.1, 0.15) is 0 Å². The summed E-state index contributed by atoms with van der Waals surface area (Å²) in [7, 11) is 10.1. The fraction of sp³-hybridized carbons (Fsp3) is 0.500. The molecule has 118 valence electrons. The average molecular weight is 331 g/mol. The van der Waals surface area contributed by atoms with Crippen LogP contribution in [0.2, 0.25) is 0 Å². The molecule has 0 bridgehead atoms. The first-order valence-corrected chi connectivity index (χ1v) is 7.87. The monoisotopic (exact) mass is 331 g/mol. The molecule has 0 fully saturated rings. The Morgan fingerprint density at radius 3 is 2.05 bits per heavy atom. The Hall–Kier alpha value is -0.840. The van der Waals surface area contributed by atoms with Crippen molar-refractivity contribution in [3.63, 3.8) is 0 Å². The van der Waals surface area contributed by atoms with E-state index in [1.54, 1.807) is 0 Å². The number of nitrogens with zero attached hydrogens (tertiary/aromatic N) is 5. The molecular weight excluding hydrogens is 306 g/mol. The number of hydrogen-bond donors (Lipinski definition) is 1. The van der Waals surface area contributed by atoms with E-state index in [0.717, 1.165) is 16.8 Å². The van der Waals surface area contributed by atoms with Crippen LogP contribution in [0.5, 0.6) is 5.75 Å². The molecule has 0 saturated heterocycles. The van der Waals surface area contributed by atoms with Crippen LogP contribution in [-0.2, 0) is 0 Å². The van der Waals surface area contributed by atoms with Crippen molar-refractivity contribution in [2.24, 2.45) is 0 Å². The quantitative estimate of drug-likeness (QED) is 0.843. The molecule has 0 saturated carbocycles. The van der Waals surface area contributed by atoms with E-state index in [1.165, 1.54) is 0 Å². The summed E-state index contributed by atoms with van der Waals surface area (Å²) in [5.74, 6) is 0.737. The molecule has 0 aliphatic carbocycles. The summed E-state index contributed by atoms with van der Waals surface area (Å²) in [5.41, 5.74) is 1.55. The lowest BCUT2D eigenvalue weighted by Gasteiger charge is -2.36. The van der Waals surface area contributed by atoms with Gasteiger partial charge in [-0.15, -0.1) is 14.0 Å². The molecule has 1 heterocycles. The lowest BCUT2D eigenvalue weighted by molar-refractivity contribution is 0.353. The van der Waals surface area contributed by atoms with Crippen molar-refractivity contribution in [1.29, 1.82) is 0 Å². The van der Waals surface area contributed by atoms with Crippen LogP contribution < -0.4 is 4.52 Å². The molecule has 0 aliphatic rings. The lowest BCUT2D eigenvalue weighted by atomic mass is 10.3. The van der Waals surface area contributed by atoms with Gasteiger partial charge in [0.1, 0.15) is 5.52 Å². The average Bonchev–Trinajstić information content (AvgIpc) is 2.83. The number of para-hydroxylation sites is 1. The number of rotatable bonds is 5. The van der Waals surface area contributed by atoms with Crippen molar-refractivity contribution < 1.29 is 4.52 Å². The maximum absolute atomic E-state index is 6.42. The third-order valence-electron chi connectivity index (χ3n) is 3.09. The molecule has 2 aromatic rings. The SMILES string of the molecule is CN(C)[P+](Oc1cccc2n[nH]nc12)(N(C)C)N(C)C.P. The Morgan fingerprint density at radius 2 is 1.52 bits per heavy atom. The molecule has 0 radical (unpaired) electrons. The number of hydrogen-bond acceptors (Lipinski definition) is 6. The van der Waals surface area contributed by atoms with Gasteiger partial charge < -0.3 is 0 Å². The number of fused-ring (bicyclic) bond motifs is 1. The number of nitrogens with one attached hydrogen (secondary N) is 1. The van der Waals surface area contributed by atoms with Crippen molar-refractivity contribution in [2.45, 2.75) is 0 Å². The van der Waals surface area contributed by atoms with Gasteiger partial charge in [-0.25, -0.2) is 0 Å². The van der Waals surface area contributed by atoms with Gasteiger partial charge in [-0.1, -0.05) is 6.07 Å². The van der Waals surface area contributed by atoms with Gasteiger partial charge in [-0.2, -0.15) is 25.3 Å². The number of H-pyrrole nitrogens is 1. The van der Waals surface area contributed by atoms with Gasteiger partial charge in [0.25, 0.3) is 0 Å². The minimum absolute atomic E-state index is 0. The number of aromatic nitrogens is 3. The molecule has 0 spiro atoms. The highest BCUT2D eigenvalue weighted by Gasteiger charge is 2.52. The Labute approximate surface area is 129 Å². The Balaban J connectivity index is 0.00000220. The van der Waals surface area contributed by atoms with E-state index in [2.05, 4.69) is 29.4 Å². The third-order valence-corrected chi connectivity index (χ3v) is 6.66. The van der Waals surface area contributed by atoms with E-state index < -0.39 is 7.94 Å². The van der Waals surface area contributed by atoms with Gasteiger partial charge in [0, 0.05) is 42.3 Å². The van der Waals surface area contributed by atoms with Gasteiger partial charge in [-0.3, -0.25) is 4.52 Å². The van der Waals surface area contributed by atoms with E-state index >= 15 is 0 Å². The molecule has 21 heavy (non-hydrogen) atoms. The molecule has 7 nitrogen and oxygen atoms in total. The smallest absolute Gasteiger partial charge is 0.289 e. The van der Waals surface area contributed by atoms with Gasteiger partial charge in [0.05, 0.1) is 0 Å². The third kappa shape index (κ3) is 3.17. The first-order valence-electron chi connectivity index (χ1n) is 6.31.